The smallest absolute Gasteiger partial charge is 0.256 e. The van der Waals surface area contributed by atoms with Gasteiger partial charge in [0.25, 0.3) is 5.91 Å². The second kappa shape index (κ2) is 12.0. The lowest BCUT2D eigenvalue weighted by Crippen LogP contribution is -2.21. The molecule has 2 amide bonds. The van der Waals surface area contributed by atoms with Crippen molar-refractivity contribution in [2.45, 2.75) is 0 Å². The first-order chi connectivity index (χ1) is 12.5. The van der Waals surface area contributed by atoms with Crippen molar-refractivity contribution in [3.8, 4) is 11.5 Å². The molecule has 0 aromatic heterocycles. The van der Waals surface area contributed by atoms with Crippen LogP contribution in [0.15, 0.2) is 12.1 Å². The quantitative estimate of drug-likeness (QED) is 0.266. The summed E-state index contributed by atoms with van der Waals surface area (Å²) in [5, 5.41) is 12.5. The Morgan fingerprint density at radius 3 is 2.27 bits per heavy atom. The minimum absolute atomic E-state index is 0.0292. The molecule has 0 spiro atoms. The van der Waals surface area contributed by atoms with E-state index in [-0.39, 0.29) is 30.2 Å². The van der Waals surface area contributed by atoms with Crippen LogP contribution in [0.2, 0.25) is 0 Å². The number of nitrogens with one attached hydrogen (secondary N) is 1. The monoisotopic (exact) mass is 371 g/mol. The highest BCUT2D eigenvalue weighted by Crippen LogP contribution is 2.34. The summed E-state index contributed by atoms with van der Waals surface area (Å²) in [5.74, 6) is -1.74. The first-order valence-corrected chi connectivity index (χ1v) is 7.94. The van der Waals surface area contributed by atoms with Crippen molar-refractivity contribution in [2.75, 3.05) is 58.6 Å². The van der Waals surface area contributed by atoms with Gasteiger partial charge in [0.1, 0.15) is 17.9 Å². The zero-order chi connectivity index (χ0) is 19.4. The molecule has 0 saturated heterocycles. The molecule has 0 radical (unpaired) electrons. The highest BCUT2D eigenvalue weighted by molar-refractivity contribution is 6.02. The Morgan fingerprint density at radius 2 is 1.69 bits per heavy atom. The normalized spacial score (nSPS) is 10.5. The number of nitrogens with two attached hydrogens (primary N) is 2. The second-order valence-electron chi connectivity index (χ2n) is 5.02. The topological polar surface area (TPSA) is 155 Å². The number of phenols is 1. The number of hydrogen-bond donors (Lipinski definition) is 4. The Bertz CT molecular complexity index is 595. The van der Waals surface area contributed by atoms with Crippen LogP contribution in [-0.4, -0.2) is 70.2 Å². The SMILES string of the molecule is COc1ccc(NC(=O)COCCOCCOCCN)c(O)c1C(N)=O. The van der Waals surface area contributed by atoms with Gasteiger partial charge < -0.3 is 40.8 Å². The lowest BCUT2D eigenvalue weighted by molar-refractivity contribution is -0.121. The summed E-state index contributed by atoms with van der Waals surface area (Å²) >= 11 is 0. The molecule has 1 aromatic rings. The van der Waals surface area contributed by atoms with E-state index in [4.69, 9.17) is 30.4 Å². The second-order valence-corrected chi connectivity index (χ2v) is 5.02. The summed E-state index contributed by atoms with van der Waals surface area (Å²) in [6, 6.07) is 2.81. The van der Waals surface area contributed by atoms with E-state index in [9.17, 15) is 14.7 Å². The van der Waals surface area contributed by atoms with E-state index >= 15 is 0 Å². The van der Waals surface area contributed by atoms with Crippen LogP contribution in [0.3, 0.4) is 0 Å². The van der Waals surface area contributed by atoms with E-state index in [1.54, 1.807) is 0 Å². The minimum Gasteiger partial charge on any atom is -0.505 e. The van der Waals surface area contributed by atoms with Crippen molar-refractivity contribution in [2.24, 2.45) is 11.5 Å². The Balaban J connectivity index is 2.35. The van der Waals surface area contributed by atoms with Crippen LogP contribution in [-0.2, 0) is 19.0 Å². The summed E-state index contributed by atoms with van der Waals surface area (Å²) in [6.07, 6.45) is 0. The molecule has 1 rings (SSSR count). The van der Waals surface area contributed by atoms with E-state index in [0.29, 0.717) is 33.0 Å². The van der Waals surface area contributed by atoms with Gasteiger partial charge in [-0.15, -0.1) is 0 Å². The largest absolute Gasteiger partial charge is 0.505 e. The molecule has 0 saturated carbocycles. The van der Waals surface area contributed by atoms with Gasteiger partial charge in [-0.3, -0.25) is 9.59 Å². The number of carbonyl (C=O) groups is 2. The van der Waals surface area contributed by atoms with Crippen molar-refractivity contribution in [3.05, 3.63) is 17.7 Å². The van der Waals surface area contributed by atoms with Gasteiger partial charge in [-0.2, -0.15) is 0 Å². The molecule has 10 nitrogen and oxygen atoms in total. The summed E-state index contributed by atoms with van der Waals surface area (Å²) in [5.41, 5.74) is 10.3. The summed E-state index contributed by atoms with van der Waals surface area (Å²) < 4.78 is 20.5. The molecule has 26 heavy (non-hydrogen) atoms. The summed E-state index contributed by atoms with van der Waals surface area (Å²) in [4.78, 5) is 23.3. The van der Waals surface area contributed by atoms with Gasteiger partial charge in [-0.1, -0.05) is 0 Å². The third-order valence-corrected chi connectivity index (χ3v) is 3.12. The van der Waals surface area contributed by atoms with Crippen LogP contribution in [0.4, 0.5) is 5.69 Å². The number of rotatable bonds is 13. The van der Waals surface area contributed by atoms with E-state index in [0.717, 1.165) is 0 Å². The fraction of sp³-hybridized carbons (Fsp3) is 0.500. The molecule has 10 heteroatoms. The molecule has 1 aromatic carbocycles. The van der Waals surface area contributed by atoms with Crippen molar-refractivity contribution in [1.29, 1.82) is 0 Å². The maximum absolute atomic E-state index is 11.8. The minimum atomic E-state index is -0.876. The zero-order valence-electron chi connectivity index (χ0n) is 14.7. The molecule has 6 N–H and O–H groups in total. The number of methoxy groups -OCH3 is 1. The van der Waals surface area contributed by atoms with Gasteiger partial charge in [-0.05, 0) is 12.1 Å². The molecule has 0 bridgehead atoms. The molecule has 0 aliphatic rings. The molecule has 0 fully saturated rings. The Morgan fingerprint density at radius 1 is 1.08 bits per heavy atom. The van der Waals surface area contributed by atoms with Crippen LogP contribution >= 0.6 is 0 Å². The van der Waals surface area contributed by atoms with Gasteiger partial charge in [0.15, 0.2) is 5.75 Å². The first-order valence-electron chi connectivity index (χ1n) is 7.94. The third kappa shape index (κ3) is 7.23. The Hall–Kier alpha value is -2.40. The lowest BCUT2D eigenvalue weighted by Gasteiger charge is -2.13. The number of aromatic hydroxyl groups is 1. The number of hydrogen-bond acceptors (Lipinski definition) is 8. The fourth-order valence-corrected chi connectivity index (χ4v) is 1.96. The molecule has 0 aliphatic heterocycles. The van der Waals surface area contributed by atoms with Gasteiger partial charge in [0.2, 0.25) is 5.91 Å². The molecule has 0 aliphatic carbocycles. The van der Waals surface area contributed by atoms with Crippen LogP contribution < -0.4 is 21.5 Å². The first kappa shape index (κ1) is 21.6. The zero-order valence-corrected chi connectivity index (χ0v) is 14.7. The van der Waals surface area contributed by atoms with Crippen molar-refractivity contribution < 1.29 is 33.6 Å². The van der Waals surface area contributed by atoms with E-state index in [2.05, 4.69) is 5.32 Å². The predicted octanol–water partition coefficient (Wildman–Crippen LogP) is -0.553. The highest BCUT2D eigenvalue weighted by atomic mass is 16.5. The van der Waals surface area contributed by atoms with Crippen LogP contribution in [0.25, 0.3) is 0 Å². The molecular weight excluding hydrogens is 346 g/mol. The number of carbonyl (C=O) groups excluding carboxylic acids is 2. The molecule has 0 heterocycles. The van der Waals surface area contributed by atoms with Gasteiger partial charge in [0.05, 0.1) is 45.8 Å². The van der Waals surface area contributed by atoms with Crippen molar-refractivity contribution >= 4 is 17.5 Å². The lowest BCUT2D eigenvalue weighted by atomic mass is 10.1. The van der Waals surface area contributed by atoms with Crippen molar-refractivity contribution in [1.82, 2.24) is 0 Å². The van der Waals surface area contributed by atoms with Gasteiger partial charge >= 0.3 is 0 Å². The number of amides is 2. The Labute approximate surface area is 151 Å². The van der Waals surface area contributed by atoms with E-state index in [1.165, 1.54) is 19.2 Å². The van der Waals surface area contributed by atoms with Crippen LogP contribution in [0.5, 0.6) is 11.5 Å². The molecule has 0 atom stereocenters. The van der Waals surface area contributed by atoms with Crippen LogP contribution in [0.1, 0.15) is 10.4 Å². The third-order valence-electron chi connectivity index (χ3n) is 3.12. The molecule has 146 valence electrons. The highest BCUT2D eigenvalue weighted by Gasteiger charge is 2.19. The average molecular weight is 371 g/mol. The van der Waals surface area contributed by atoms with E-state index < -0.39 is 17.6 Å². The maximum atomic E-state index is 11.8. The molecular formula is C16H25N3O7. The maximum Gasteiger partial charge on any atom is 0.256 e. The predicted molar refractivity (Wildman–Crippen MR) is 93.3 cm³/mol. The summed E-state index contributed by atoms with van der Waals surface area (Å²) in [6.45, 7) is 2.06. The van der Waals surface area contributed by atoms with E-state index in [1.807, 2.05) is 0 Å². The number of benzene rings is 1. The fourth-order valence-electron chi connectivity index (χ4n) is 1.96. The number of ether oxygens (including phenoxy) is 4. The van der Waals surface area contributed by atoms with Gasteiger partial charge in [-0.25, -0.2) is 0 Å². The van der Waals surface area contributed by atoms with Crippen molar-refractivity contribution in [3.63, 3.8) is 0 Å². The molecule has 0 unspecified atom stereocenters. The number of primary amides is 1. The van der Waals surface area contributed by atoms with Crippen LogP contribution in [0, 0.1) is 0 Å². The van der Waals surface area contributed by atoms with Gasteiger partial charge in [0, 0.05) is 6.54 Å². The number of anilines is 1. The average Bonchev–Trinajstić information content (AvgIpc) is 2.61. The summed E-state index contributed by atoms with van der Waals surface area (Å²) in [7, 11) is 1.33. The standard InChI is InChI=1S/C16H25N3O7/c1-23-12-3-2-11(15(21)14(12)16(18)22)19-13(20)10-26-9-8-25-7-6-24-5-4-17/h2-3,21H,4-10,17H2,1H3,(H2,18,22)(H,19,20). The Kier molecular flexibility index (Phi) is 10.0.